The van der Waals surface area contributed by atoms with Crippen molar-refractivity contribution < 1.29 is 4.39 Å². The van der Waals surface area contributed by atoms with E-state index in [4.69, 9.17) is 5.73 Å². The fourth-order valence-corrected chi connectivity index (χ4v) is 2.24. The summed E-state index contributed by atoms with van der Waals surface area (Å²) in [6.07, 6.45) is 1.69. The zero-order valence-corrected chi connectivity index (χ0v) is 10.1. The van der Waals surface area contributed by atoms with Crippen molar-refractivity contribution in [3.05, 3.63) is 47.7 Å². The van der Waals surface area contributed by atoms with Crippen molar-refractivity contribution >= 4 is 17.2 Å². The second-order valence-electron chi connectivity index (χ2n) is 3.69. The lowest BCUT2D eigenvalue weighted by Crippen LogP contribution is -2.00. The van der Waals surface area contributed by atoms with E-state index in [2.05, 4.69) is 10.1 Å². The van der Waals surface area contributed by atoms with E-state index in [1.165, 1.54) is 23.5 Å². The summed E-state index contributed by atoms with van der Waals surface area (Å²) in [5.41, 5.74) is 7.41. The maximum Gasteiger partial charge on any atom is 0.212 e. The Bertz CT molecular complexity index is 658. The van der Waals surface area contributed by atoms with E-state index < -0.39 is 0 Å². The molecule has 2 heterocycles. The van der Waals surface area contributed by atoms with Crippen LogP contribution in [0.2, 0.25) is 0 Å². The minimum absolute atomic E-state index is 0.272. The van der Waals surface area contributed by atoms with Gasteiger partial charge < -0.3 is 5.73 Å². The Morgan fingerprint density at radius 3 is 2.67 bits per heavy atom. The molecule has 0 saturated carbocycles. The SMILES string of the molecule is Nc1cc(-c2ccc(F)cc2)nn1-c1nccs1. The van der Waals surface area contributed by atoms with Crippen LogP contribution in [0.4, 0.5) is 10.2 Å². The number of halogens is 1. The van der Waals surface area contributed by atoms with Gasteiger partial charge in [-0.25, -0.2) is 9.37 Å². The molecule has 0 aliphatic heterocycles. The van der Waals surface area contributed by atoms with E-state index in [9.17, 15) is 4.39 Å². The Hall–Kier alpha value is -2.21. The fourth-order valence-electron chi connectivity index (χ4n) is 1.63. The minimum atomic E-state index is -0.272. The molecule has 0 unspecified atom stereocenters. The molecule has 2 aromatic heterocycles. The van der Waals surface area contributed by atoms with Crippen molar-refractivity contribution in [1.29, 1.82) is 0 Å². The summed E-state index contributed by atoms with van der Waals surface area (Å²) < 4.78 is 14.4. The molecule has 90 valence electrons. The third-order valence-electron chi connectivity index (χ3n) is 2.48. The molecule has 0 aliphatic carbocycles. The molecular formula is C12H9FN4S. The number of thiazole rings is 1. The van der Waals surface area contributed by atoms with Crippen LogP contribution < -0.4 is 5.73 Å². The predicted molar refractivity (Wildman–Crippen MR) is 69.0 cm³/mol. The lowest BCUT2D eigenvalue weighted by molar-refractivity contribution is 0.628. The first kappa shape index (κ1) is 10.9. The monoisotopic (exact) mass is 260 g/mol. The van der Waals surface area contributed by atoms with Gasteiger partial charge in [-0.15, -0.1) is 11.3 Å². The van der Waals surface area contributed by atoms with Gasteiger partial charge in [0.25, 0.3) is 0 Å². The van der Waals surface area contributed by atoms with Gasteiger partial charge in [0.15, 0.2) is 0 Å². The van der Waals surface area contributed by atoms with Gasteiger partial charge in [-0.2, -0.15) is 9.78 Å². The summed E-state index contributed by atoms with van der Waals surface area (Å²) in [4.78, 5) is 4.15. The van der Waals surface area contributed by atoms with E-state index in [1.54, 1.807) is 29.1 Å². The molecule has 3 rings (SSSR count). The van der Waals surface area contributed by atoms with Gasteiger partial charge in [0.1, 0.15) is 11.6 Å². The molecule has 0 bridgehead atoms. The van der Waals surface area contributed by atoms with Gasteiger partial charge in [0.2, 0.25) is 5.13 Å². The van der Waals surface area contributed by atoms with Crippen LogP contribution in [0.5, 0.6) is 0 Å². The lowest BCUT2D eigenvalue weighted by Gasteiger charge is -1.97. The van der Waals surface area contributed by atoms with Gasteiger partial charge >= 0.3 is 0 Å². The van der Waals surface area contributed by atoms with E-state index in [-0.39, 0.29) is 5.82 Å². The summed E-state index contributed by atoms with van der Waals surface area (Å²) in [6, 6.07) is 7.88. The van der Waals surface area contributed by atoms with E-state index in [1.807, 2.05) is 5.38 Å². The van der Waals surface area contributed by atoms with Gasteiger partial charge in [-0.05, 0) is 24.3 Å². The first-order chi connectivity index (χ1) is 8.74. The molecule has 3 aromatic rings. The number of hydrogen-bond acceptors (Lipinski definition) is 4. The lowest BCUT2D eigenvalue weighted by atomic mass is 10.1. The highest BCUT2D eigenvalue weighted by atomic mass is 32.1. The number of anilines is 1. The van der Waals surface area contributed by atoms with Crippen molar-refractivity contribution in [2.24, 2.45) is 0 Å². The Balaban J connectivity index is 2.05. The number of nitrogens with zero attached hydrogens (tertiary/aromatic N) is 3. The number of benzene rings is 1. The van der Waals surface area contributed by atoms with Crippen molar-refractivity contribution in [2.75, 3.05) is 5.73 Å². The summed E-state index contributed by atoms with van der Waals surface area (Å²) in [6.45, 7) is 0. The van der Waals surface area contributed by atoms with E-state index in [0.717, 1.165) is 5.56 Å². The largest absolute Gasteiger partial charge is 0.383 e. The maximum atomic E-state index is 12.9. The predicted octanol–water partition coefficient (Wildman–Crippen LogP) is 2.72. The van der Waals surface area contributed by atoms with Crippen LogP contribution in [0.25, 0.3) is 16.4 Å². The van der Waals surface area contributed by atoms with Crippen molar-refractivity contribution in [1.82, 2.24) is 14.8 Å². The molecule has 0 atom stereocenters. The zero-order valence-electron chi connectivity index (χ0n) is 9.25. The van der Waals surface area contributed by atoms with Crippen LogP contribution in [0.3, 0.4) is 0 Å². The highest BCUT2D eigenvalue weighted by molar-refractivity contribution is 7.12. The number of nitrogen functional groups attached to an aromatic ring is 1. The number of nitrogens with two attached hydrogens (primary N) is 1. The average molecular weight is 260 g/mol. The molecule has 0 fully saturated rings. The van der Waals surface area contributed by atoms with Crippen molar-refractivity contribution in [2.45, 2.75) is 0 Å². The average Bonchev–Trinajstić information content (AvgIpc) is 2.99. The van der Waals surface area contributed by atoms with Gasteiger partial charge in [0.05, 0.1) is 5.69 Å². The summed E-state index contributed by atoms with van der Waals surface area (Å²) in [5, 5.41) is 6.93. The summed E-state index contributed by atoms with van der Waals surface area (Å²) in [7, 11) is 0. The highest BCUT2D eigenvalue weighted by Gasteiger charge is 2.10. The molecule has 0 saturated heterocycles. The Morgan fingerprint density at radius 1 is 1.22 bits per heavy atom. The second kappa shape index (κ2) is 4.23. The molecule has 0 amide bonds. The first-order valence-electron chi connectivity index (χ1n) is 5.25. The number of rotatable bonds is 2. The first-order valence-corrected chi connectivity index (χ1v) is 6.13. The molecule has 4 nitrogen and oxygen atoms in total. The fraction of sp³-hybridized carbons (Fsp3) is 0. The van der Waals surface area contributed by atoms with E-state index >= 15 is 0 Å². The normalized spacial score (nSPS) is 10.7. The van der Waals surface area contributed by atoms with Crippen LogP contribution in [-0.2, 0) is 0 Å². The minimum Gasteiger partial charge on any atom is -0.383 e. The highest BCUT2D eigenvalue weighted by Crippen LogP contribution is 2.23. The zero-order chi connectivity index (χ0) is 12.5. The quantitative estimate of drug-likeness (QED) is 0.770. The third kappa shape index (κ3) is 1.86. The molecular weight excluding hydrogens is 251 g/mol. The van der Waals surface area contributed by atoms with Gasteiger partial charge in [-0.3, -0.25) is 0 Å². The van der Waals surface area contributed by atoms with Crippen LogP contribution in [-0.4, -0.2) is 14.8 Å². The number of hydrogen-bond donors (Lipinski definition) is 1. The van der Waals surface area contributed by atoms with Gasteiger partial charge in [-0.1, -0.05) is 0 Å². The van der Waals surface area contributed by atoms with E-state index in [0.29, 0.717) is 16.6 Å². The van der Waals surface area contributed by atoms with Crippen molar-refractivity contribution in [3.63, 3.8) is 0 Å². The Labute approximate surface area is 107 Å². The standard InChI is InChI=1S/C12H9FN4S/c13-9-3-1-8(2-4-9)10-7-11(14)17(16-10)12-15-5-6-18-12/h1-7H,14H2. The Morgan fingerprint density at radius 2 is 2.00 bits per heavy atom. The molecule has 0 radical (unpaired) electrons. The smallest absolute Gasteiger partial charge is 0.212 e. The maximum absolute atomic E-state index is 12.9. The Kier molecular flexibility index (Phi) is 2.56. The van der Waals surface area contributed by atoms with Crippen LogP contribution in [0, 0.1) is 5.82 Å². The summed E-state index contributed by atoms with van der Waals surface area (Å²) >= 11 is 1.45. The molecule has 6 heteroatoms. The molecule has 0 aliphatic rings. The topological polar surface area (TPSA) is 56.7 Å². The van der Waals surface area contributed by atoms with Crippen LogP contribution in [0.15, 0.2) is 41.9 Å². The van der Waals surface area contributed by atoms with Crippen molar-refractivity contribution in [3.8, 4) is 16.4 Å². The van der Waals surface area contributed by atoms with Crippen LogP contribution >= 0.6 is 11.3 Å². The van der Waals surface area contributed by atoms with Gasteiger partial charge in [0, 0.05) is 23.2 Å². The molecule has 2 N–H and O–H groups in total. The molecule has 0 spiro atoms. The molecule has 1 aromatic carbocycles. The third-order valence-corrected chi connectivity index (χ3v) is 3.22. The second-order valence-corrected chi connectivity index (χ2v) is 4.56. The molecule has 18 heavy (non-hydrogen) atoms. The summed E-state index contributed by atoms with van der Waals surface area (Å²) in [5.74, 6) is 0.232. The van der Waals surface area contributed by atoms with Crippen LogP contribution in [0.1, 0.15) is 0 Å². The number of aromatic nitrogens is 3.